The molecule has 2 heterocycles. The van der Waals surface area contributed by atoms with Crippen molar-refractivity contribution >= 4 is 0 Å². The fourth-order valence-corrected chi connectivity index (χ4v) is 2.81. The molecule has 0 aromatic carbocycles. The minimum atomic E-state index is 0.742. The number of nitrogens with zero attached hydrogens (tertiary/aromatic N) is 2. The number of pyridine rings is 1. The number of rotatable bonds is 3. The van der Waals surface area contributed by atoms with E-state index in [2.05, 4.69) is 40.3 Å². The third-order valence-corrected chi connectivity index (χ3v) is 3.88. The first-order valence-electron chi connectivity index (χ1n) is 6.70. The zero-order valence-electron chi connectivity index (χ0n) is 10.5. The molecule has 3 nitrogen and oxygen atoms in total. The fourth-order valence-electron chi connectivity index (χ4n) is 2.81. The molecule has 1 atom stereocenters. The Morgan fingerprint density at radius 3 is 3.06 bits per heavy atom. The van der Waals surface area contributed by atoms with E-state index in [1.165, 1.54) is 18.5 Å². The number of piperazine rings is 1. The molecule has 2 aliphatic rings. The van der Waals surface area contributed by atoms with Crippen LogP contribution in [0.2, 0.25) is 0 Å². The molecule has 0 bridgehead atoms. The third kappa shape index (κ3) is 2.67. The third-order valence-electron chi connectivity index (χ3n) is 3.88. The zero-order valence-corrected chi connectivity index (χ0v) is 10.5. The van der Waals surface area contributed by atoms with Crippen LogP contribution in [0.3, 0.4) is 0 Å². The molecule has 0 radical (unpaired) electrons. The summed E-state index contributed by atoms with van der Waals surface area (Å²) in [5.74, 6) is 0.938. The van der Waals surface area contributed by atoms with Crippen LogP contribution in [0.25, 0.3) is 0 Å². The minimum absolute atomic E-state index is 0.742. The topological polar surface area (TPSA) is 28.2 Å². The highest BCUT2D eigenvalue weighted by atomic mass is 15.2. The molecule has 17 heavy (non-hydrogen) atoms. The van der Waals surface area contributed by atoms with Gasteiger partial charge in [-0.05, 0) is 37.8 Å². The van der Waals surface area contributed by atoms with Gasteiger partial charge in [-0.3, -0.25) is 9.88 Å². The van der Waals surface area contributed by atoms with Gasteiger partial charge in [0.1, 0.15) is 0 Å². The molecule has 1 aromatic heterocycles. The zero-order chi connectivity index (χ0) is 11.7. The van der Waals surface area contributed by atoms with Crippen LogP contribution < -0.4 is 5.32 Å². The van der Waals surface area contributed by atoms with E-state index in [0.717, 1.165) is 43.8 Å². The Morgan fingerprint density at radius 1 is 1.41 bits per heavy atom. The van der Waals surface area contributed by atoms with Crippen molar-refractivity contribution in [1.82, 2.24) is 15.2 Å². The first kappa shape index (κ1) is 11.2. The van der Waals surface area contributed by atoms with E-state index < -0.39 is 0 Å². The summed E-state index contributed by atoms with van der Waals surface area (Å²) in [5.41, 5.74) is 2.35. The molecule has 0 spiro atoms. The second kappa shape index (κ2) is 4.75. The molecule has 3 heteroatoms. The van der Waals surface area contributed by atoms with Crippen molar-refractivity contribution in [2.75, 3.05) is 19.6 Å². The van der Waals surface area contributed by atoms with Gasteiger partial charge in [0.25, 0.3) is 0 Å². The maximum atomic E-state index is 4.62. The van der Waals surface area contributed by atoms with Crippen molar-refractivity contribution in [3.63, 3.8) is 0 Å². The van der Waals surface area contributed by atoms with E-state index in [9.17, 15) is 0 Å². The van der Waals surface area contributed by atoms with Crippen molar-refractivity contribution in [2.24, 2.45) is 5.92 Å². The Hall–Kier alpha value is -0.930. The van der Waals surface area contributed by atoms with Gasteiger partial charge >= 0.3 is 0 Å². The maximum Gasteiger partial charge on any atom is 0.0547 e. The smallest absolute Gasteiger partial charge is 0.0547 e. The van der Waals surface area contributed by atoms with Crippen molar-refractivity contribution in [1.29, 1.82) is 0 Å². The van der Waals surface area contributed by atoms with Crippen molar-refractivity contribution in [2.45, 2.75) is 32.4 Å². The van der Waals surface area contributed by atoms with Gasteiger partial charge in [0.2, 0.25) is 0 Å². The van der Waals surface area contributed by atoms with Gasteiger partial charge in [-0.15, -0.1) is 0 Å². The number of aryl methyl sites for hydroxylation is 1. The first-order valence-corrected chi connectivity index (χ1v) is 6.70. The molecule has 1 N–H and O–H groups in total. The molecule has 0 amide bonds. The highest BCUT2D eigenvalue weighted by molar-refractivity contribution is 5.10. The quantitative estimate of drug-likeness (QED) is 0.856. The molecule has 1 saturated heterocycles. The first-order chi connectivity index (χ1) is 8.33. The highest BCUT2D eigenvalue weighted by Gasteiger charge is 2.36. The molecule has 1 aliphatic carbocycles. The van der Waals surface area contributed by atoms with Gasteiger partial charge in [-0.2, -0.15) is 0 Å². The number of hydrogen-bond acceptors (Lipinski definition) is 3. The molecule has 1 unspecified atom stereocenters. The molecule has 92 valence electrons. The van der Waals surface area contributed by atoms with Gasteiger partial charge in [0.05, 0.1) is 5.69 Å². The molecule has 3 rings (SSSR count). The molecular formula is C14H21N3. The maximum absolute atomic E-state index is 4.62. The Bertz CT molecular complexity index is 387. The number of hydrogen-bond donors (Lipinski definition) is 1. The standard InChI is InChI=1S/C14H21N3/c1-11-3-2-4-13(16-11)10-17-8-7-15-9-14(17)12-5-6-12/h2-4,12,14-15H,5-10H2,1H3. The van der Waals surface area contributed by atoms with E-state index in [0.29, 0.717) is 0 Å². The predicted octanol–water partition coefficient (Wildman–Crippen LogP) is 1.57. The second-order valence-electron chi connectivity index (χ2n) is 5.35. The van der Waals surface area contributed by atoms with E-state index in [-0.39, 0.29) is 0 Å². The van der Waals surface area contributed by atoms with E-state index >= 15 is 0 Å². The molecule has 1 aromatic rings. The van der Waals surface area contributed by atoms with Crippen LogP contribution in [0.1, 0.15) is 24.2 Å². The van der Waals surface area contributed by atoms with Gasteiger partial charge in [0.15, 0.2) is 0 Å². The van der Waals surface area contributed by atoms with E-state index in [1.807, 2.05) is 0 Å². The predicted molar refractivity (Wildman–Crippen MR) is 68.8 cm³/mol. The lowest BCUT2D eigenvalue weighted by Crippen LogP contribution is -2.51. The van der Waals surface area contributed by atoms with Crippen LogP contribution in [0.5, 0.6) is 0 Å². The van der Waals surface area contributed by atoms with Crippen molar-refractivity contribution in [3.05, 3.63) is 29.6 Å². The summed E-state index contributed by atoms with van der Waals surface area (Å²) in [6, 6.07) is 7.08. The molecule has 1 aliphatic heterocycles. The Morgan fingerprint density at radius 2 is 2.29 bits per heavy atom. The lowest BCUT2D eigenvalue weighted by Gasteiger charge is -2.36. The second-order valence-corrected chi connectivity index (χ2v) is 5.35. The minimum Gasteiger partial charge on any atom is -0.314 e. The monoisotopic (exact) mass is 231 g/mol. The summed E-state index contributed by atoms with van der Waals surface area (Å²) in [6.45, 7) is 6.53. The van der Waals surface area contributed by atoms with Gasteiger partial charge in [-0.1, -0.05) is 6.07 Å². The number of aromatic nitrogens is 1. The van der Waals surface area contributed by atoms with Gasteiger partial charge in [0, 0.05) is 37.9 Å². The van der Waals surface area contributed by atoms with Crippen LogP contribution in [-0.2, 0) is 6.54 Å². The van der Waals surface area contributed by atoms with E-state index in [1.54, 1.807) is 0 Å². The average molecular weight is 231 g/mol. The molecular weight excluding hydrogens is 210 g/mol. The largest absolute Gasteiger partial charge is 0.314 e. The summed E-state index contributed by atoms with van der Waals surface area (Å²) >= 11 is 0. The molecule has 1 saturated carbocycles. The van der Waals surface area contributed by atoms with Crippen molar-refractivity contribution in [3.8, 4) is 0 Å². The Balaban J connectivity index is 1.69. The average Bonchev–Trinajstić information content (AvgIpc) is 3.14. The van der Waals surface area contributed by atoms with Crippen LogP contribution in [-0.4, -0.2) is 35.6 Å². The fraction of sp³-hybridized carbons (Fsp3) is 0.643. The highest BCUT2D eigenvalue weighted by Crippen LogP contribution is 2.36. The Kier molecular flexibility index (Phi) is 3.12. The summed E-state index contributed by atoms with van der Waals surface area (Å²) in [7, 11) is 0. The van der Waals surface area contributed by atoms with Gasteiger partial charge in [-0.25, -0.2) is 0 Å². The van der Waals surface area contributed by atoms with Crippen molar-refractivity contribution < 1.29 is 0 Å². The van der Waals surface area contributed by atoms with Crippen LogP contribution in [0, 0.1) is 12.8 Å². The van der Waals surface area contributed by atoms with Crippen LogP contribution >= 0.6 is 0 Å². The van der Waals surface area contributed by atoms with Crippen LogP contribution in [0.4, 0.5) is 0 Å². The SMILES string of the molecule is Cc1cccc(CN2CCNCC2C2CC2)n1. The summed E-state index contributed by atoms with van der Waals surface area (Å²) < 4.78 is 0. The normalized spacial score (nSPS) is 26.1. The van der Waals surface area contributed by atoms with Crippen LogP contribution in [0.15, 0.2) is 18.2 Å². The molecule has 2 fully saturated rings. The lowest BCUT2D eigenvalue weighted by atomic mass is 10.1. The van der Waals surface area contributed by atoms with E-state index in [4.69, 9.17) is 0 Å². The summed E-state index contributed by atoms with van der Waals surface area (Å²) in [6.07, 6.45) is 2.84. The lowest BCUT2D eigenvalue weighted by molar-refractivity contribution is 0.134. The Labute approximate surface area is 103 Å². The summed E-state index contributed by atoms with van der Waals surface area (Å²) in [4.78, 5) is 7.24. The van der Waals surface area contributed by atoms with Gasteiger partial charge < -0.3 is 5.32 Å². The summed E-state index contributed by atoms with van der Waals surface area (Å²) in [5, 5.41) is 3.52. The number of nitrogens with one attached hydrogen (secondary N) is 1.